The Labute approximate surface area is 169 Å². The molecule has 1 aromatic heterocycles. The Morgan fingerprint density at radius 2 is 1.82 bits per heavy atom. The highest BCUT2D eigenvalue weighted by atomic mass is 15.3. The highest BCUT2D eigenvalue weighted by Gasteiger charge is 2.18. The molecule has 2 aromatic rings. The van der Waals surface area contributed by atoms with Crippen LogP contribution in [0.25, 0.3) is 6.08 Å². The van der Waals surface area contributed by atoms with Crippen molar-refractivity contribution in [2.45, 2.75) is 26.7 Å². The van der Waals surface area contributed by atoms with Gasteiger partial charge in [0.1, 0.15) is 17.5 Å². The molecular weight excluding hydrogens is 346 g/mol. The zero-order chi connectivity index (χ0) is 19.8. The van der Waals surface area contributed by atoms with Crippen molar-refractivity contribution in [2.24, 2.45) is 0 Å². The molecule has 0 N–H and O–H groups in total. The first-order valence-electron chi connectivity index (χ1n) is 10.4. The number of nitrogens with zero attached hydrogens (tertiary/aromatic N) is 5. The van der Waals surface area contributed by atoms with Crippen molar-refractivity contribution in [2.75, 3.05) is 56.1 Å². The van der Waals surface area contributed by atoms with Gasteiger partial charge in [0.05, 0.1) is 0 Å². The van der Waals surface area contributed by atoms with Crippen molar-refractivity contribution < 1.29 is 0 Å². The van der Waals surface area contributed by atoms with Crippen LogP contribution in [0.4, 0.5) is 11.6 Å². The van der Waals surface area contributed by atoms with Gasteiger partial charge in [-0.3, -0.25) is 4.90 Å². The number of piperazine rings is 1. The average molecular weight is 380 g/mol. The van der Waals surface area contributed by atoms with E-state index in [2.05, 4.69) is 82.2 Å². The van der Waals surface area contributed by atoms with E-state index >= 15 is 0 Å². The molecule has 1 aromatic carbocycles. The summed E-state index contributed by atoms with van der Waals surface area (Å²) in [5, 5.41) is 0. The first-order chi connectivity index (χ1) is 13.7. The van der Waals surface area contributed by atoms with Crippen LogP contribution in [0.1, 0.15) is 31.2 Å². The van der Waals surface area contributed by atoms with Crippen molar-refractivity contribution in [3.05, 3.63) is 53.9 Å². The Bertz CT molecular complexity index is 751. The molecular formula is C23H33N5. The van der Waals surface area contributed by atoms with Crippen molar-refractivity contribution in [3.63, 3.8) is 0 Å². The fraction of sp³-hybridized carbons (Fsp3) is 0.478. The second kappa shape index (κ2) is 10.2. The largest absolute Gasteiger partial charge is 0.360 e. The lowest BCUT2D eigenvalue weighted by molar-refractivity contribution is 0.283. The third-order valence-corrected chi connectivity index (χ3v) is 5.22. The number of hydrogen-bond acceptors (Lipinski definition) is 5. The molecule has 5 heteroatoms. The third kappa shape index (κ3) is 5.80. The van der Waals surface area contributed by atoms with Crippen molar-refractivity contribution in [3.8, 4) is 0 Å². The van der Waals surface area contributed by atoms with Gasteiger partial charge in [0.25, 0.3) is 0 Å². The Hall–Kier alpha value is -2.40. The van der Waals surface area contributed by atoms with Crippen LogP contribution in [0.5, 0.6) is 0 Å². The lowest BCUT2D eigenvalue weighted by Gasteiger charge is -2.35. The lowest BCUT2D eigenvalue weighted by atomic mass is 10.2. The summed E-state index contributed by atoms with van der Waals surface area (Å²) in [6.45, 7) is 10.4. The van der Waals surface area contributed by atoms with Crippen LogP contribution in [0.15, 0.2) is 42.5 Å². The highest BCUT2D eigenvalue weighted by molar-refractivity contribution is 5.51. The van der Waals surface area contributed by atoms with Crippen LogP contribution in [0, 0.1) is 6.92 Å². The van der Waals surface area contributed by atoms with E-state index < -0.39 is 0 Å². The van der Waals surface area contributed by atoms with Gasteiger partial charge in [0.15, 0.2) is 0 Å². The van der Waals surface area contributed by atoms with Gasteiger partial charge >= 0.3 is 0 Å². The molecule has 0 spiro atoms. The molecule has 1 saturated heterocycles. The normalized spacial score (nSPS) is 15.3. The van der Waals surface area contributed by atoms with E-state index in [1.807, 2.05) is 6.92 Å². The second-order valence-electron chi connectivity index (χ2n) is 7.51. The smallest absolute Gasteiger partial charge is 0.134 e. The Morgan fingerprint density at radius 3 is 2.54 bits per heavy atom. The third-order valence-electron chi connectivity index (χ3n) is 5.22. The summed E-state index contributed by atoms with van der Waals surface area (Å²) in [6.07, 6.45) is 6.85. The molecule has 28 heavy (non-hydrogen) atoms. The molecule has 150 valence electrons. The minimum absolute atomic E-state index is 0.851. The number of benzene rings is 1. The van der Waals surface area contributed by atoms with Gasteiger partial charge < -0.3 is 9.80 Å². The van der Waals surface area contributed by atoms with Gasteiger partial charge in [-0.2, -0.15) is 0 Å². The number of aryl methyl sites for hydroxylation is 1. The lowest BCUT2D eigenvalue weighted by Crippen LogP contribution is -2.46. The van der Waals surface area contributed by atoms with E-state index in [1.54, 1.807) is 0 Å². The molecule has 0 radical (unpaired) electrons. The standard InChI is InChI=1S/C23H33N5/c1-4-5-13-26(3)22-19-23(25-20(2)24-22)28-17-15-27(16-18-28)14-9-12-21-10-7-6-8-11-21/h6-12,19H,4-5,13-18H2,1-3H3/b12-9+. The van der Waals surface area contributed by atoms with Crippen molar-refractivity contribution >= 4 is 17.7 Å². The minimum atomic E-state index is 0.851. The maximum atomic E-state index is 4.70. The van der Waals surface area contributed by atoms with Gasteiger partial charge in [-0.05, 0) is 18.9 Å². The molecule has 1 aliphatic heterocycles. The summed E-state index contributed by atoms with van der Waals surface area (Å²) in [5.74, 6) is 2.94. The Kier molecular flexibility index (Phi) is 7.43. The number of unbranched alkanes of at least 4 members (excludes halogenated alkanes) is 1. The van der Waals surface area contributed by atoms with Gasteiger partial charge in [-0.15, -0.1) is 0 Å². The van der Waals surface area contributed by atoms with Crippen LogP contribution >= 0.6 is 0 Å². The first-order valence-corrected chi connectivity index (χ1v) is 10.4. The SMILES string of the molecule is CCCCN(C)c1cc(N2CCN(C/C=C/c3ccccc3)CC2)nc(C)n1. The van der Waals surface area contributed by atoms with E-state index in [9.17, 15) is 0 Å². The van der Waals surface area contributed by atoms with Gasteiger partial charge in [-0.25, -0.2) is 9.97 Å². The molecule has 0 saturated carbocycles. The molecule has 0 amide bonds. The fourth-order valence-electron chi connectivity index (χ4n) is 3.47. The predicted molar refractivity (Wildman–Crippen MR) is 119 cm³/mol. The molecule has 1 fully saturated rings. The highest BCUT2D eigenvalue weighted by Crippen LogP contribution is 2.20. The molecule has 3 rings (SSSR count). The maximum Gasteiger partial charge on any atom is 0.134 e. The van der Waals surface area contributed by atoms with Gasteiger partial charge in [-0.1, -0.05) is 55.8 Å². The second-order valence-corrected chi connectivity index (χ2v) is 7.51. The number of rotatable bonds is 8. The molecule has 2 heterocycles. The van der Waals surface area contributed by atoms with Crippen LogP contribution in [0.3, 0.4) is 0 Å². The summed E-state index contributed by atoms with van der Waals surface area (Å²) in [6, 6.07) is 12.6. The zero-order valence-corrected chi connectivity index (χ0v) is 17.5. The monoisotopic (exact) mass is 379 g/mol. The van der Waals surface area contributed by atoms with Crippen molar-refractivity contribution in [1.82, 2.24) is 14.9 Å². The Balaban J connectivity index is 1.54. The van der Waals surface area contributed by atoms with E-state index in [4.69, 9.17) is 4.98 Å². The molecule has 1 aliphatic rings. The number of anilines is 2. The summed E-state index contributed by atoms with van der Waals surface area (Å²) in [4.78, 5) is 16.5. The average Bonchev–Trinajstić information content (AvgIpc) is 2.73. The summed E-state index contributed by atoms with van der Waals surface area (Å²) >= 11 is 0. The van der Waals surface area contributed by atoms with Crippen LogP contribution < -0.4 is 9.80 Å². The van der Waals surface area contributed by atoms with Gasteiger partial charge in [0.2, 0.25) is 0 Å². The predicted octanol–water partition coefficient (Wildman–Crippen LogP) is 3.86. The number of hydrogen-bond donors (Lipinski definition) is 0. The van der Waals surface area contributed by atoms with Gasteiger partial charge in [0, 0.05) is 52.4 Å². The molecule has 0 aliphatic carbocycles. The fourth-order valence-corrected chi connectivity index (χ4v) is 3.47. The van der Waals surface area contributed by atoms with Crippen LogP contribution in [-0.4, -0.2) is 61.2 Å². The van der Waals surface area contributed by atoms with Crippen molar-refractivity contribution in [1.29, 1.82) is 0 Å². The quantitative estimate of drug-likeness (QED) is 0.696. The summed E-state index contributed by atoms with van der Waals surface area (Å²) in [7, 11) is 2.12. The van der Waals surface area contributed by atoms with Crippen LogP contribution in [-0.2, 0) is 0 Å². The molecule has 5 nitrogen and oxygen atoms in total. The Morgan fingerprint density at radius 1 is 1.07 bits per heavy atom. The van der Waals surface area contributed by atoms with E-state index in [0.717, 1.165) is 56.7 Å². The molecule has 0 atom stereocenters. The maximum absolute atomic E-state index is 4.70. The van der Waals surface area contributed by atoms with E-state index in [0.29, 0.717) is 0 Å². The minimum Gasteiger partial charge on any atom is -0.360 e. The van der Waals surface area contributed by atoms with Crippen LogP contribution in [0.2, 0.25) is 0 Å². The first kappa shape index (κ1) is 20.3. The van der Waals surface area contributed by atoms with E-state index in [-0.39, 0.29) is 0 Å². The van der Waals surface area contributed by atoms with E-state index in [1.165, 1.54) is 18.4 Å². The molecule has 0 unspecified atom stereocenters. The summed E-state index contributed by atoms with van der Waals surface area (Å²) in [5.41, 5.74) is 1.26. The topological polar surface area (TPSA) is 35.5 Å². The number of aromatic nitrogens is 2. The zero-order valence-electron chi connectivity index (χ0n) is 17.5. The summed E-state index contributed by atoms with van der Waals surface area (Å²) < 4.78 is 0. The molecule has 0 bridgehead atoms.